The maximum atomic E-state index is 14.4. The van der Waals surface area contributed by atoms with Gasteiger partial charge in [0.1, 0.15) is 17.7 Å². The van der Waals surface area contributed by atoms with Crippen LogP contribution in [-0.4, -0.2) is 29.5 Å². The summed E-state index contributed by atoms with van der Waals surface area (Å²) < 4.78 is 33.3. The highest BCUT2D eigenvalue weighted by Crippen LogP contribution is 2.29. The zero-order chi connectivity index (χ0) is 18.7. The molecule has 1 aliphatic heterocycles. The monoisotopic (exact) mass is 360 g/mol. The molecule has 1 N–H and O–H groups in total. The Hall–Kier alpha value is -2.46. The maximum absolute atomic E-state index is 14.4. The second-order valence-electron chi connectivity index (χ2n) is 6.80. The number of hydrogen-bond donors (Lipinski definition) is 1. The number of hydrogen-bond acceptors (Lipinski definition) is 5. The topological polar surface area (TPSA) is 65.1 Å². The smallest absolute Gasteiger partial charge is 0.232 e. The van der Waals surface area contributed by atoms with E-state index >= 15 is 0 Å². The quantitative estimate of drug-likeness (QED) is 0.836. The molecular formula is C19H22F2N4O. The van der Waals surface area contributed by atoms with Crippen molar-refractivity contribution in [1.29, 1.82) is 5.26 Å². The highest BCUT2D eigenvalue weighted by Gasteiger charge is 2.27. The van der Waals surface area contributed by atoms with E-state index in [-0.39, 0.29) is 17.7 Å². The molecule has 1 aromatic heterocycles. The minimum atomic E-state index is -0.594. The number of likely N-dealkylation sites (tertiary alicyclic amines) is 1. The Morgan fingerprint density at radius 3 is 2.65 bits per heavy atom. The first-order valence-electron chi connectivity index (χ1n) is 8.83. The number of anilines is 1. The summed E-state index contributed by atoms with van der Waals surface area (Å²) >= 11 is 0. The van der Waals surface area contributed by atoms with Crippen LogP contribution in [0.3, 0.4) is 0 Å². The minimum Gasteiger partial charge on any atom is -0.424 e. The summed E-state index contributed by atoms with van der Waals surface area (Å²) in [5.74, 6) is -0.327. The fourth-order valence-electron chi connectivity index (χ4n) is 3.23. The molecular weight excluding hydrogens is 338 g/mol. The SMILES string of the molecule is CC(C)c1nc(C#N)c(NCC(c2ccc(F)cc2F)N2CCCC2)o1. The molecule has 2 aromatic rings. The third kappa shape index (κ3) is 3.86. The molecule has 26 heavy (non-hydrogen) atoms. The van der Waals surface area contributed by atoms with Gasteiger partial charge in [0.25, 0.3) is 0 Å². The van der Waals surface area contributed by atoms with Gasteiger partial charge in [-0.25, -0.2) is 13.8 Å². The van der Waals surface area contributed by atoms with Crippen molar-refractivity contribution in [3.8, 4) is 6.07 Å². The van der Waals surface area contributed by atoms with E-state index in [0.717, 1.165) is 32.0 Å². The molecule has 0 amide bonds. The van der Waals surface area contributed by atoms with Gasteiger partial charge in [0.05, 0.1) is 6.04 Å². The van der Waals surface area contributed by atoms with Gasteiger partial charge in [-0.1, -0.05) is 19.9 Å². The van der Waals surface area contributed by atoms with Crippen LogP contribution in [0.2, 0.25) is 0 Å². The second-order valence-corrected chi connectivity index (χ2v) is 6.80. The van der Waals surface area contributed by atoms with Crippen molar-refractivity contribution in [2.24, 2.45) is 0 Å². The number of oxazole rings is 1. The summed E-state index contributed by atoms with van der Waals surface area (Å²) in [5.41, 5.74) is 0.622. The lowest BCUT2D eigenvalue weighted by atomic mass is 10.0. The second kappa shape index (κ2) is 7.83. The van der Waals surface area contributed by atoms with E-state index in [0.29, 0.717) is 23.9 Å². The molecule has 1 fully saturated rings. The average Bonchev–Trinajstić information content (AvgIpc) is 3.26. The van der Waals surface area contributed by atoms with E-state index in [1.165, 1.54) is 12.1 Å². The fraction of sp³-hybridized carbons (Fsp3) is 0.474. The number of benzene rings is 1. The number of aromatic nitrogens is 1. The molecule has 2 heterocycles. The number of nitrogens with one attached hydrogen (secondary N) is 1. The van der Waals surface area contributed by atoms with Crippen LogP contribution in [0.25, 0.3) is 0 Å². The number of nitrogens with zero attached hydrogens (tertiary/aromatic N) is 3. The van der Waals surface area contributed by atoms with Crippen molar-refractivity contribution >= 4 is 5.88 Å². The first-order valence-corrected chi connectivity index (χ1v) is 8.83. The molecule has 1 atom stereocenters. The third-order valence-corrected chi connectivity index (χ3v) is 4.60. The lowest BCUT2D eigenvalue weighted by Crippen LogP contribution is -2.31. The normalized spacial score (nSPS) is 16.0. The van der Waals surface area contributed by atoms with E-state index in [1.54, 1.807) is 0 Å². The number of rotatable bonds is 6. The van der Waals surface area contributed by atoms with E-state index in [4.69, 9.17) is 4.42 Å². The minimum absolute atomic E-state index is 0.0570. The van der Waals surface area contributed by atoms with Gasteiger partial charge >= 0.3 is 0 Å². The lowest BCUT2D eigenvalue weighted by molar-refractivity contribution is 0.249. The summed E-state index contributed by atoms with van der Waals surface area (Å²) in [5, 5.41) is 12.4. The van der Waals surface area contributed by atoms with Gasteiger partial charge in [-0.15, -0.1) is 0 Å². The molecule has 3 rings (SSSR count). The highest BCUT2D eigenvalue weighted by molar-refractivity contribution is 5.46. The molecule has 1 unspecified atom stereocenters. The van der Waals surface area contributed by atoms with Crippen LogP contribution in [0.5, 0.6) is 0 Å². The highest BCUT2D eigenvalue weighted by atomic mass is 19.1. The largest absolute Gasteiger partial charge is 0.424 e. The van der Waals surface area contributed by atoms with Crippen LogP contribution in [0.15, 0.2) is 22.6 Å². The molecule has 1 aromatic carbocycles. The molecule has 5 nitrogen and oxygen atoms in total. The Bertz CT molecular complexity index is 806. The summed E-state index contributed by atoms with van der Waals surface area (Å²) in [6.07, 6.45) is 2.09. The van der Waals surface area contributed by atoms with Crippen LogP contribution >= 0.6 is 0 Å². The Labute approximate surface area is 151 Å². The van der Waals surface area contributed by atoms with E-state index < -0.39 is 11.6 Å². The molecule has 0 aliphatic carbocycles. The maximum Gasteiger partial charge on any atom is 0.232 e. The fourth-order valence-corrected chi connectivity index (χ4v) is 3.23. The molecule has 7 heteroatoms. The Morgan fingerprint density at radius 1 is 1.31 bits per heavy atom. The van der Waals surface area contributed by atoms with Gasteiger partial charge in [-0.2, -0.15) is 5.26 Å². The number of nitriles is 1. The van der Waals surface area contributed by atoms with Crippen molar-refractivity contribution in [3.05, 3.63) is 47.0 Å². The van der Waals surface area contributed by atoms with Crippen LogP contribution < -0.4 is 5.32 Å². The molecule has 1 aliphatic rings. The van der Waals surface area contributed by atoms with Gasteiger partial charge < -0.3 is 9.73 Å². The first kappa shape index (κ1) is 18.3. The van der Waals surface area contributed by atoms with Crippen LogP contribution in [-0.2, 0) is 0 Å². The van der Waals surface area contributed by atoms with Crippen molar-refractivity contribution in [2.45, 2.75) is 38.6 Å². The van der Waals surface area contributed by atoms with E-state index in [2.05, 4.69) is 15.2 Å². The number of halogens is 2. The molecule has 0 bridgehead atoms. The van der Waals surface area contributed by atoms with E-state index in [9.17, 15) is 14.0 Å². The summed E-state index contributed by atoms with van der Waals surface area (Å²) in [7, 11) is 0. The third-order valence-electron chi connectivity index (χ3n) is 4.60. The van der Waals surface area contributed by atoms with Crippen molar-refractivity contribution in [2.75, 3.05) is 25.0 Å². The Morgan fingerprint density at radius 2 is 2.04 bits per heavy atom. The summed E-state index contributed by atoms with van der Waals surface area (Å²) in [4.78, 5) is 6.34. The lowest BCUT2D eigenvalue weighted by Gasteiger charge is -2.28. The van der Waals surface area contributed by atoms with Gasteiger partial charge in [0.15, 0.2) is 0 Å². The van der Waals surface area contributed by atoms with Crippen molar-refractivity contribution in [3.63, 3.8) is 0 Å². The standard InChI is InChI=1S/C19H22F2N4O/c1-12(2)18-24-16(10-22)19(26-18)23-11-17(25-7-3-4-8-25)14-6-5-13(20)9-15(14)21/h5-6,9,12,17,23H,3-4,7-8,11H2,1-2H3. The van der Waals surface area contributed by atoms with Crippen LogP contribution in [0, 0.1) is 23.0 Å². The zero-order valence-corrected chi connectivity index (χ0v) is 14.9. The Balaban J connectivity index is 1.84. The molecule has 138 valence electrons. The average molecular weight is 360 g/mol. The van der Waals surface area contributed by atoms with Gasteiger partial charge in [-0.05, 0) is 32.0 Å². The van der Waals surface area contributed by atoms with Crippen molar-refractivity contribution < 1.29 is 13.2 Å². The predicted octanol–water partition coefficient (Wildman–Crippen LogP) is 4.20. The van der Waals surface area contributed by atoms with Gasteiger partial charge in [0.2, 0.25) is 17.5 Å². The van der Waals surface area contributed by atoms with Crippen LogP contribution in [0.1, 0.15) is 55.8 Å². The first-order chi connectivity index (χ1) is 12.5. The van der Waals surface area contributed by atoms with Gasteiger partial charge in [-0.3, -0.25) is 4.90 Å². The summed E-state index contributed by atoms with van der Waals surface area (Å²) in [6, 6.07) is 5.40. The predicted molar refractivity (Wildman–Crippen MR) is 93.7 cm³/mol. The molecule has 0 radical (unpaired) electrons. The molecule has 0 saturated carbocycles. The van der Waals surface area contributed by atoms with Crippen molar-refractivity contribution in [1.82, 2.24) is 9.88 Å². The summed E-state index contributed by atoms with van der Waals surface area (Å²) in [6.45, 7) is 5.89. The van der Waals surface area contributed by atoms with Crippen LogP contribution in [0.4, 0.5) is 14.7 Å². The van der Waals surface area contributed by atoms with E-state index in [1.807, 2.05) is 19.9 Å². The molecule has 0 spiro atoms. The Kier molecular flexibility index (Phi) is 5.52. The zero-order valence-electron chi connectivity index (χ0n) is 14.9. The van der Waals surface area contributed by atoms with Gasteiger partial charge in [0, 0.05) is 24.1 Å². The molecule has 1 saturated heterocycles.